The third kappa shape index (κ3) is 6.48. The van der Waals surface area contributed by atoms with Crippen LogP contribution in [0, 0.1) is 6.92 Å². The summed E-state index contributed by atoms with van der Waals surface area (Å²) in [6, 6.07) is 8.85. The first-order valence-corrected chi connectivity index (χ1v) is 13.7. The molecule has 1 aromatic carbocycles. The number of anilines is 2. The van der Waals surface area contributed by atoms with E-state index in [0.29, 0.717) is 18.0 Å². The Morgan fingerprint density at radius 1 is 1.17 bits per heavy atom. The molecule has 0 saturated carbocycles. The molecule has 0 radical (unpaired) electrons. The van der Waals surface area contributed by atoms with Crippen molar-refractivity contribution in [1.29, 1.82) is 0 Å². The molecule has 0 spiro atoms. The van der Waals surface area contributed by atoms with Crippen LogP contribution < -0.4 is 26.1 Å². The summed E-state index contributed by atoms with van der Waals surface area (Å²) in [6.45, 7) is 4.75. The average molecular weight is 628 g/mol. The molecule has 2 amide bonds. The predicted molar refractivity (Wildman–Crippen MR) is 156 cm³/mol. The lowest BCUT2D eigenvalue weighted by molar-refractivity contribution is -0.654. The highest BCUT2D eigenvalue weighted by Crippen LogP contribution is 2.23. The number of imidazole rings is 1. The fraction of sp³-hybridized carbons (Fsp3) is 0.333. The van der Waals surface area contributed by atoms with E-state index in [4.69, 9.17) is 16.2 Å². The number of aromatic nitrogens is 5. The fourth-order valence-corrected chi connectivity index (χ4v) is 4.64. The van der Waals surface area contributed by atoms with Gasteiger partial charge in [0.05, 0.1) is 20.1 Å². The summed E-state index contributed by atoms with van der Waals surface area (Å²) in [5, 5.41) is 12.9. The second kappa shape index (κ2) is 12.4. The molecule has 3 aromatic heterocycles. The summed E-state index contributed by atoms with van der Waals surface area (Å²) in [5.74, 6) is 0.701. The van der Waals surface area contributed by atoms with Crippen LogP contribution in [0.1, 0.15) is 41.0 Å². The highest BCUT2D eigenvalue weighted by Gasteiger charge is 2.25. The van der Waals surface area contributed by atoms with Gasteiger partial charge < -0.3 is 31.5 Å². The van der Waals surface area contributed by atoms with Gasteiger partial charge in [0, 0.05) is 18.8 Å². The quantitative estimate of drug-likeness (QED) is 0.191. The predicted octanol–water partition coefficient (Wildman–Crippen LogP) is 1.97. The average Bonchev–Trinajstić information content (AvgIpc) is 3.19. The van der Waals surface area contributed by atoms with Gasteiger partial charge in [-0.2, -0.15) is 0 Å². The van der Waals surface area contributed by atoms with Crippen LogP contribution in [0.15, 0.2) is 34.9 Å². The number of hydrogen-bond acceptors (Lipinski definition) is 9. The van der Waals surface area contributed by atoms with E-state index in [0.717, 1.165) is 29.0 Å². The number of carbonyl (C=O) groups excluding carboxylic acids is 2. The largest absolute Gasteiger partial charge is 0.506 e. The minimum atomic E-state index is -0.482. The molecule has 6 N–H and O–H groups in total. The highest BCUT2D eigenvalue weighted by molar-refractivity contribution is 9.10. The van der Waals surface area contributed by atoms with Crippen molar-refractivity contribution in [2.75, 3.05) is 25.1 Å². The normalized spacial score (nSPS) is 11.0. The zero-order chi connectivity index (χ0) is 29.8. The van der Waals surface area contributed by atoms with Crippen molar-refractivity contribution in [2.24, 2.45) is 7.05 Å². The first kappa shape index (κ1) is 29.5. The van der Waals surface area contributed by atoms with Crippen LogP contribution >= 0.6 is 15.9 Å². The lowest BCUT2D eigenvalue weighted by atomic mass is 10.2. The number of ether oxygens (including phenoxy) is 1. The number of hydrogen-bond donors (Lipinski definition) is 4. The molecule has 0 saturated heterocycles. The second-order valence-electron chi connectivity index (χ2n) is 9.55. The van der Waals surface area contributed by atoms with Gasteiger partial charge in [-0.25, -0.2) is 19.1 Å². The van der Waals surface area contributed by atoms with Gasteiger partial charge >= 0.3 is 0 Å². The maximum Gasteiger partial charge on any atom is 0.276 e. The minimum absolute atomic E-state index is 0.0226. The molecule has 0 aliphatic rings. The number of nitrogens with two attached hydrogens (primary N) is 2. The van der Waals surface area contributed by atoms with Crippen molar-refractivity contribution < 1.29 is 24.0 Å². The topological polar surface area (TPSA) is 178 Å². The lowest BCUT2D eigenvalue weighted by Gasteiger charge is -2.18. The van der Waals surface area contributed by atoms with E-state index in [2.05, 4.69) is 47.7 Å². The molecule has 0 aliphatic heterocycles. The third-order valence-electron chi connectivity index (χ3n) is 6.54. The number of amides is 2. The Kier molecular flexibility index (Phi) is 8.91. The van der Waals surface area contributed by atoms with Gasteiger partial charge in [0.15, 0.2) is 35.0 Å². The maximum atomic E-state index is 12.9. The Labute approximate surface area is 245 Å². The van der Waals surface area contributed by atoms with Gasteiger partial charge in [-0.3, -0.25) is 14.6 Å². The van der Waals surface area contributed by atoms with E-state index < -0.39 is 5.91 Å². The summed E-state index contributed by atoms with van der Waals surface area (Å²) in [7, 11) is 3.55. The molecule has 13 nitrogen and oxygen atoms in total. The number of fused-ring (bicyclic) bond motifs is 1. The number of nitrogens with one attached hydrogen (secondary N) is 1. The molecule has 0 unspecified atom stereocenters. The molecule has 14 heteroatoms. The first-order chi connectivity index (χ1) is 19.5. The summed E-state index contributed by atoms with van der Waals surface area (Å²) >= 11 is 3.18. The zero-order valence-corrected chi connectivity index (χ0v) is 24.9. The van der Waals surface area contributed by atoms with Crippen molar-refractivity contribution in [1.82, 2.24) is 29.7 Å². The van der Waals surface area contributed by atoms with Crippen molar-refractivity contribution >= 4 is 50.4 Å². The minimum Gasteiger partial charge on any atom is -0.506 e. The number of aryl methyl sites for hydroxylation is 3. The van der Waals surface area contributed by atoms with Gasteiger partial charge in [-0.15, -0.1) is 0 Å². The van der Waals surface area contributed by atoms with E-state index in [1.54, 1.807) is 25.2 Å². The van der Waals surface area contributed by atoms with E-state index in [1.165, 1.54) is 4.90 Å². The monoisotopic (exact) mass is 626 g/mol. The highest BCUT2D eigenvalue weighted by atomic mass is 79.9. The van der Waals surface area contributed by atoms with Crippen LogP contribution in [0.3, 0.4) is 0 Å². The number of nitrogens with zero attached hydrogens (tertiary/aromatic N) is 6. The van der Waals surface area contributed by atoms with Crippen LogP contribution in [0.5, 0.6) is 11.5 Å². The number of aromatic hydroxyl groups is 1. The number of benzene rings is 1. The van der Waals surface area contributed by atoms with Gasteiger partial charge in [0.2, 0.25) is 0 Å². The molecule has 4 aromatic rings. The molecule has 41 heavy (non-hydrogen) atoms. The summed E-state index contributed by atoms with van der Waals surface area (Å²) < 4.78 is 10.2. The van der Waals surface area contributed by atoms with Crippen molar-refractivity contribution in [3.8, 4) is 11.5 Å². The van der Waals surface area contributed by atoms with Crippen molar-refractivity contribution in [2.45, 2.75) is 39.9 Å². The lowest BCUT2D eigenvalue weighted by Crippen LogP contribution is -2.38. The van der Waals surface area contributed by atoms with Crippen LogP contribution in [0.4, 0.5) is 11.6 Å². The van der Waals surface area contributed by atoms with E-state index in [-0.39, 0.29) is 53.3 Å². The number of carbonyl (C=O) groups is 2. The van der Waals surface area contributed by atoms with Gasteiger partial charge in [-0.1, -0.05) is 6.92 Å². The first-order valence-electron chi connectivity index (χ1n) is 12.9. The Bertz CT molecular complexity index is 1620. The number of nitrogen functional groups attached to an aromatic ring is 2. The Morgan fingerprint density at radius 3 is 2.66 bits per heavy atom. The molecular formula is C27H33BrN9O4+. The van der Waals surface area contributed by atoms with Gasteiger partial charge in [-0.05, 0) is 53.5 Å². The van der Waals surface area contributed by atoms with E-state index in [1.807, 2.05) is 30.7 Å². The van der Waals surface area contributed by atoms with Crippen LogP contribution in [-0.4, -0.2) is 55.0 Å². The number of likely N-dealkylation sites (N-methyl/N-ethyl adjacent to an activating group) is 1. The van der Waals surface area contributed by atoms with Gasteiger partial charge in [0.25, 0.3) is 17.6 Å². The third-order valence-corrected chi connectivity index (χ3v) is 7.12. The van der Waals surface area contributed by atoms with Crippen molar-refractivity contribution in [3.63, 3.8) is 0 Å². The molecule has 3 heterocycles. The Hall–Kier alpha value is -4.46. The summed E-state index contributed by atoms with van der Waals surface area (Å²) in [4.78, 5) is 39.4. The molecule has 216 valence electrons. The summed E-state index contributed by atoms with van der Waals surface area (Å²) in [5.41, 5.74) is 14.5. The Balaban J connectivity index is 1.49. The smallest absolute Gasteiger partial charge is 0.276 e. The Morgan fingerprint density at radius 2 is 1.93 bits per heavy atom. The van der Waals surface area contributed by atoms with Crippen LogP contribution in [-0.2, 0) is 31.5 Å². The number of rotatable bonds is 10. The molecule has 4 rings (SSSR count). The standard InChI is InChI=1S/C27H32BrN9O4/c1-5-10-37-19-11-16(41-14-22(39)35(3)13-17-20(38)9-6-15(2)32-17)7-8-18(19)36(4)21(37)12-31-27(40)23-25(29)34-26(30)24(28)33-23/h6-9,11H,5,10,12-14H2,1-4H3,(H5-,29,30,31,34,38,40)/p+1. The molecular weight excluding hydrogens is 594 g/mol. The maximum absolute atomic E-state index is 12.9. The molecule has 0 atom stereocenters. The number of pyridine rings is 1. The fourth-order valence-electron chi connectivity index (χ4n) is 4.38. The van der Waals surface area contributed by atoms with Crippen LogP contribution in [0.2, 0.25) is 0 Å². The van der Waals surface area contributed by atoms with E-state index >= 15 is 0 Å². The molecule has 0 aliphatic carbocycles. The SMILES string of the molecule is CCCn1c(CNC(=O)c2nc(Br)c(N)nc2N)[n+](C)c2ccc(OCC(=O)N(C)Cc3nc(C)ccc3O)cc21. The molecule has 0 fully saturated rings. The zero-order valence-electron chi connectivity index (χ0n) is 23.3. The van der Waals surface area contributed by atoms with Gasteiger partial charge in [0.1, 0.15) is 28.3 Å². The second-order valence-corrected chi connectivity index (χ2v) is 10.3. The number of halogens is 1. The molecule has 0 bridgehead atoms. The summed E-state index contributed by atoms with van der Waals surface area (Å²) in [6.07, 6.45) is 0.849. The van der Waals surface area contributed by atoms with Crippen LogP contribution in [0.25, 0.3) is 11.0 Å². The van der Waals surface area contributed by atoms with Crippen molar-refractivity contribution in [3.05, 3.63) is 57.8 Å². The van der Waals surface area contributed by atoms with E-state index in [9.17, 15) is 14.7 Å².